The zero-order chi connectivity index (χ0) is 24.6. The summed E-state index contributed by atoms with van der Waals surface area (Å²) in [5.41, 5.74) is 1.29. The summed E-state index contributed by atoms with van der Waals surface area (Å²) in [5.74, 6) is -1.56. The van der Waals surface area contributed by atoms with Crippen molar-refractivity contribution in [3.63, 3.8) is 0 Å². The van der Waals surface area contributed by atoms with Gasteiger partial charge in [-0.3, -0.25) is 29.2 Å². The lowest BCUT2D eigenvalue weighted by atomic mass is 9.96. The van der Waals surface area contributed by atoms with Gasteiger partial charge in [-0.2, -0.15) is 0 Å². The van der Waals surface area contributed by atoms with E-state index in [0.29, 0.717) is 43.6 Å². The molecule has 0 aliphatic carbocycles. The Morgan fingerprint density at radius 2 is 1.83 bits per heavy atom. The molecule has 3 fully saturated rings. The van der Waals surface area contributed by atoms with Crippen LogP contribution in [0.5, 0.6) is 0 Å². The number of hydroxylamine groups is 2. The first kappa shape index (κ1) is 25.2. The average Bonchev–Trinajstić information content (AvgIpc) is 3.46. The first-order chi connectivity index (χ1) is 17.0. The van der Waals surface area contributed by atoms with Gasteiger partial charge in [0.15, 0.2) is 0 Å². The number of carbonyl (C=O) groups is 4. The molecule has 1 aromatic rings. The molecule has 10 nitrogen and oxygen atoms in total. The Hall–Kier alpha value is -2.85. The van der Waals surface area contributed by atoms with Gasteiger partial charge in [-0.05, 0) is 76.3 Å². The zero-order valence-electron chi connectivity index (χ0n) is 20.2. The van der Waals surface area contributed by atoms with E-state index >= 15 is 0 Å². The molecule has 0 unspecified atom stereocenters. The van der Waals surface area contributed by atoms with Gasteiger partial charge in [-0.25, -0.2) is 4.79 Å². The van der Waals surface area contributed by atoms with Gasteiger partial charge >= 0.3 is 5.97 Å². The summed E-state index contributed by atoms with van der Waals surface area (Å²) in [7, 11) is 0. The number of imide groups is 1. The lowest BCUT2D eigenvalue weighted by molar-refractivity contribution is -0.198. The molecule has 0 bridgehead atoms. The van der Waals surface area contributed by atoms with Gasteiger partial charge in [0.2, 0.25) is 5.91 Å². The minimum atomic E-state index is -0.625. The molecule has 10 heteroatoms. The molecule has 3 aliphatic heterocycles. The smallest absolute Gasteiger partial charge is 0.347 e. The molecular weight excluding hydrogens is 450 g/mol. The molecule has 190 valence electrons. The van der Waals surface area contributed by atoms with Crippen LogP contribution < -0.4 is 5.32 Å². The number of rotatable bonds is 10. The van der Waals surface area contributed by atoms with E-state index in [-0.39, 0.29) is 31.2 Å². The highest BCUT2D eigenvalue weighted by molar-refractivity contribution is 6.01. The highest BCUT2D eigenvalue weighted by atomic mass is 16.7. The largest absolute Gasteiger partial charge is 0.356 e. The Bertz CT molecular complexity index is 887. The van der Waals surface area contributed by atoms with E-state index in [1.54, 1.807) is 0 Å². The molecule has 0 saturated carbocycles. The molecule has 0 aromatic carbocycles. The lowest BCUT2D eigenvalue weighted by Gasteiger charge is -2.30. The minimum Gasteiger partial charge on any atom is -0.356 e. The van der Waals surface area contributed by atoms with Gasteiger partial charge < -0.3 is 10.2 Å². The van der Waals surface area contributed by atoms with Crippen molar-refractivity contribution in [2.75, 3.05) is 39.3 Å². The van der Waals surface area contributed by atoms with Gasteiger partial charge in [-0.15, -0.1) is 5.06 Å². The summed E-state index contributed by atoms with van der Waals surface area (Å²) in [4.78, 5) is 61.4. The number of carbonyl (C=O) groups excluding carboxylic acids is 4. The molecule has 4 heterocycles. The third-order valence-corrected chi connectivity index (χ3v) is 7.11. The topological polar surface area (TPSA) is 112 Å². The number of nitrogens with one attached hydrogen (secondary N) is 1. The predicted molar refractivity (Wildman–Crippen MR) is 126 cm³/mol. The molecular formula is C25H35N5O5. The molecule has 1 aromatic heterocycles. The Morgan fingerprint density at radius 3 is 2.54 bits per heavy atom. The maximum Gasteiger partial charge on any atom is 0.347 e. The molecule has 0 radical (unpaired) electrons. The molecule has 0 spiro atoms. The highest BCUT2D eigenvalue weighted by Crippen LogP contribution is 2.31. The van der Waals surface area contributed by atoms with Crippen LogP contribution in [0.2, 0.25) is 0 Å². The van der Waals surface area contributed by atoms with Gasteiger partial charge in [0.1, 0.15) is 0 Å². The number of likely N-dealkylation sites (tertiary alicyclic amines) is 2. The van der Waals surface area contributed by atoms with Crippen molar-refractivity contribution >= 4 is 23.7 Å². The fourth-order valence-electron chi connectivity index (χ4n) is 5.16. The van der Waals surface area contributed by atoms with Gasteiger partial charge in [0.25, 0.3) is 11.8 Å². The van der Waals surface area contributed by atoms with Crippen LogP contribution in [0.25, 0.3) is 0 Å². The number of pyridine rings is 1. The van der Waals surface area contributed by atoms with Crippen molar-refractivity contribution in [1.29, 1.82) is 0 Å². The van der Waals surface area contributed by atoms with Crippen LogP contribution in [0.3, 0.4) is 0 Å². The molecule has 1 N–H and O–H groups in total. The summed E-state index contributed by atoms with van der Waals surface area (Å²) in [5, 5.41) is 3.65. The molecule has 3 saturated heterocycles. The number of piperidine rings is 1. The van der Waals surface area contributed by atoms with Crippen LogP contribution in [0.15, 0.2) is 24.5 Å². The van der Waals surface area contributed by atoms with Gasteiger partial charge in [0.05, 0.1) is 6.54 Å². The van der Waals surface area contributed by atoms with E-state index in [1.807, 2.05) is 23.4 Å². The van der Waals surface area contributed by atoms with Crippen LogP contribution in [-0.2, 0) is 24.0 Å². The van der Waals surface area contributed by atoms with Crippen LogP contribution in [0.1, 0.15) is 63.0 Å². The van der Waals surface area contributed by atoms with Crippen LogP contribution in [0.4, 0.5) is 0 Å². The summed E-state index contributed by atoms with van der Waals surface area (Å²) >= 11 is 0. The van der Waals surface area contributed by atoms with E-state index < -0.39 is 17.8 Å². The second-order valence-electron chi connectivity index (χ2n) is 9.57. The quantitative estimate of drug-likeness (QED) is 0.391. The van der Waals surface area contributed by atoms with E-state index in [4.69, 9.17) is 4.84 Å². The fourth-order valence-corrected chi connectivity index (χ4v) is 5.16. The third-order valence-electron chi connectivity index (χ3n) is 7.11. The molecule has 35 heavy (non-hydrogen) atoms. The van der Waals surface area contributed by atoms with E-state index in [1.165, 1.54) is 18.4 Å². The Morgan fingerprint density at radius 1 is 1.06 bits per heavy atom. The zero-order valence-corrected chi connectivity index (χ0v) is 20.2. The Balaban J connectivity index is 1.08. The standard InChI is InChI=1S/C25H35N5O5/c31-22-7-8-23(32)30(22)35-24(33)18-28-15-9-19(10-16-28)25(34)27-12-1-2-13-29-14-4-6-21(29)20-5-3-11-26-17-20/h3,5,11,17,19,21H,1-2,4,6-10,12-16,18H2,(H,27,34)/t21-/m0/s1. The summed E-state index contributed by atoms with van der Waals surface area (Å²) in [6, 6.07) is 4.60. The summed E-state index contributed by atoms with van der Waals surface area (Å²) in [6.45, 7) is 4.01. The van der Waals surface area contributed by atoms with Crippen molar-refractivity contribution in [2.45, 2.75) is 57.4 Å². The van der Waals surface area contributed by atoms with Crippen molar-refractivity contribution in [2.24, 2.45) is 5.92 Å². The lowest BCUT2D eigenvalue weighted by Crippen LogP contribution is -2.44. The Labute approximate surface area is 205 Å². The summed E-state index contributed by atoms with van der Waals surface area (Å²) in [6.07, 6.45) is 9.64. The Kier molecular flexibility index (Phi) is 8.81. The van der Waals surface area contributed by atoms with E-state index in [2.05, 4.69) is 21.3 Å². The van der Waals surface area contributed by atoms with Crippen molar-refractivity contribution in [1.82, 2.24) is 25.2 Å². The van der Waals surface area contributed by atoms with E-state index in [9.17, 15) is 19.2 Å². The number of aromatic nitrogens is 1. The number of nitrogens with zero attached hydrogens (tertiary/aromatic N) is 4. The van der Waals surface area contributed by atoms with Crippen molar-refractivity contribution < 1.29 is 24.0 Å². The second kappa shape index (κ2) is 12.2. The number of unbranched alkanes of at least 4 members (excludes halogenated alkanes) is 1. The SMILES string of the molecule is O=C(CN1CCC(C(=O)NCCCCN2CCC[C@H]2c2cccnc2)CC1)ON1C(=O)CCC1=O. The van der Waals surface area contributed by atoms with Crippen LogP contribution in [-0.4, -0.2) is 82.8 Å². The van der Waals surface area contributed by atoms with E-state index in [0.717, 1.165) is 25.9 Å². The van der Waals surface area contributed by atoms with Crippen LogP contribution in [0, 0.1) is 5.92 Å². The van der Waals surface area contributed by atoms with Crippen molar-refractivity contribution in [3.05, 3.63) is 30.1 Å². The number of hydrogen-bond acceptors (Lipinski definition) is 8. The normalized spacial score (nSPS) is 22.1. The molecule has 3 aliphatic rings. The minimum absolute atomic E-state index is 0.00192. The molecule has 1 atom stereocenters. The monoisotopic (exact) mass is 485 g/mol. The van der Waals surface area contributed by atoms with Gasteiger partial charge in [0, 0.05) is 43.7 Å². The number of hydrogen-bond donors (Lipinski definition) is 1. The predicted octanol–water partition coefficient (Wildman–Crippen LogP) is 1.43. The fraction of sp³-hybridized carbons (Fsp3) is 0.640. The molecule has 3 amide bonds. The van der Waals surface area contributed by atoms with Crippen LogP contribution >= 0.6 is 0 Å². The van der Waals surface area contributed by atoms with Gasteiger partial charge in [-0.1, -0.05) is 6.07 Å². The average molecular weight is 486 g/mol. The molecule has 4 rings (SSSR count). The number of amides is 3. The summed E-state index contributed by atoms with van der Waals surface area (Å²) < 4.78 is 0. The maximum absolute atomic E-state index is 12.6. The first-order valence-corrected chi connectivity index (χ1v) is 12.7. The second-order valence-corrected chi connectivity index (χ2v) is 9.57. The maximum atomic E-state index is 12.6. The van der Waals surface area contributed by atoms with Crippen molar-refractivity contribution in [3.8, 4) is 0 Å². The third kappa shape index (κ3) is 6.85. The first-order valence-electron chi connectivity index (χ1n) is 12.7. The highest BCUT2D eigenvalue weighted by Gasteiger charge is 2.34.